The standard InChI is InChI=1S/C9H12BNO.C2H6O/c1-10-8-5-3-2-4-7(8)9(6-11)12-10;1-3-2/h2-5,9H,6,11H2,1H3;1-2H3. The predicted octanol–water partition coefficient (Wildman–Crippen LogP) is 0.807. The number of nitrogens with two attached hydrogens (primary N) is 1. The van der Waals surface area contributed by atoms with Gasteiger partial charge in [0.2, 0.25) is 0 Å². The van der Waals surface area contributed by atoms with Crippen molar-refractivity contribution < 1.29 is 9.39 Å². The monoisotopic (exact) mass is 207 g/mol. The maximum absolute atomic E-state index is 5.66. The highest BCUT2D eigenvalue weighted by atomic mass is 16.5. The van der Waals surface area contributed by atoms with Crippen LogP contribution in [0, 0.1) is 0 Å². The van der Waals surface area contributed by atoms with Crippen LogP contribution in [0.4, 0.5) is 0 Å². The lowest BCUT2D eigenvalue weighted by Crippen LogP contribution is -2.23. The van der Waals surface area contributed by atoms with Crippen LogP contribution in [0.3, 0.4) is 0 Å². The summed E-state index contributed by atoms with van der Waals surface area (Å²) >= 11 is 0. The van der Waals surface area contributed by atoms with E-state index in [0.29, 0.717) is 6.54 Å². The summed E-state index contributed by atoms with van der Waals surface area (Å²) in [5.74, 6) is 0. The van der Waals surface area contributed by atoms with Gasteiger partial charge < -0.3 is 15.1 Å². The molecule has 0 radical (unpaired) electrons. The topological polar surface area (TPSA) is 44.5 Å². The molecule has 15 heavy (non-hydrogen) atoms. The molecule has 0 spiro atoms. The van der Waals surface area contributed by atoms with Gasteiger partial charge in [0.05, 0.1) is 6.10 Å². The van der Waals surface area contributed by atoms with Crippen molar-refractivity contribution in [3.8, 4) is 0 Å². The first-order valence-corrected chi connectivity index (χ1v) is 5.09. The minimum absolute atomic E-state index is 0.108. The van der Waals surface area contributed by atoms with Crippen molar-refractivity contribution in [2.45, 2.75) is 12.9 Å². The predicted molar refractivity (Wildman–Crippen MR) is 63.5 cm³/mol. The molecule has 1 aromatic rings. The summed E-state index contributed by atoms with van der Waals surface area (Å²) in [6.07, 6.45) is 0.108. The van der Waals surface area contributed by atoms with Crippen LogP contribution < -0.4 is 11.2 Å². The summed E-state index contributed by atoms with van der Waals surface area (Å²) in [6.45, 7) is 2.84. The minimum Gasteiger partial charge on any atom is -0.423 e. The van der Waals surface area contributed by atoms with Crippen molar-refractivity contribution in [2.24, 2.45) is 5.73 Å². The van der Waals surface area contributed by atoms with E-state index in [0.717, 1.165) is 0 Å². The summed E-state index contributed by atoms with van der Waals surface area (Å²) in [7, 11) is 3.25. The normalized spacial score (nSPS) is 18.1. The van der Waals surface area contributed by atoms with E-state index in [1.54, 1.807) is 14.2 Å². The van der Waals surface area contributed by atoms with Gasteiger partial charge in [-0.25, -0.2) is 0 Å². The van der Waals surface area contributed by atoms with Gasteiger partial charge in [0, 0.05) is 20.8 Å². The summed E-state index contributed by atoms with van der Waals surface area (Å²) in [6, 6.07) is 8.27. The second-order valence-electron chi connectivity index (χ2n) is 3.54. The Kier molecular flexibility index (Phi) is 4.82. The Bertz CT molecular complexity index is 306. The van der Waals surface area contributed by atoms with Crippen molar-refractivity contribution in [3.63, 3.8) is 0 Å². The van der Waals surface area contributed by atoms with E-state index < -0.39 is 0 Å². The zero-order valence-electron chi connectivity index (χ0n) is 9.57. The molecule has 2 rings (SSSR count). The van der Waals surface area contributed by atoms with Crippen molar-refractivity contribution in [1.82, 2.24) is 0 Å². The molecule has 1 heterocycles. The maximum Gasteiger partial charge on any atom is 0.324 e. The molecule has 1 aliphatic rings. The van der Waals surface area contributed by atoms with Crippen molar-refractivity contribution >= 4 is 12.4 Å². The van der Waals surface area contributed by atoms with E-state index >= 15 is 0 Å². The molecule has 0 saturated carbocycles. The van der Waals surface area contributed by atoms with Gasteiger partial charge in [-0.05, 0) is 11.0 Å². The van der Waals surface area contributed by atoms with Gasteiger partial charge in [0.25, 0.3) is 0 Å². The summed E-state index contributed by atoms with van der Waals surface area (Å²) in [5, 5.41) is 0. The maximum atomic E-state index is 5.66. The summed E-state index contributed by atoms with van der Waals surface area (Å²) < 4.78 is 9.91. The molecule has 0 aliphatic carbocycles. The largest absolute Gasteiger partial charge is 0.423 e. The highest BCUT2D eigenvalue weighted by molar-refractivity contribution is 6.67. The van der Waals surface area contributed by atoms with E-state index in [9.17, 15) is 0 Å². The van der Waals surface area contributed by atoms with Crippen LogP contribution in [0.15, 0.2) is 24.3 Å². The number of ether oxygens (including phenoxy) is 1. The smallest absolute Gasteiger partial charge is 0.324 e. The molecule has 82 valence electrons. The number of fused-ring (bicyclic) bond motifs is 1. The molecule has 0 fully saturated rings. The molecular formula is C11H18BNO2. The first kappa shape index (κ1) is 12.2. The van der Waals surface area contributed by atoms with Crippen LogP contribution >= 0.6 is 0 Å². The van der Waals surface area contributed by atoms with Crippen molar-refractivity contribution in [2.75, 3.05) is 20.8 Å². The Morgan fingerprint density at radius 3 is 2.60 bits per heavy atom. The third-order valence-electron chi connectivity index (χ3n) is 2.36. The van der Waals surface area contributed by atoms with Gasteiger partial charge in [-0.15, -0.1) is 0 Å². The number of benzene rings is 1. The molecule has 1 aromatic carbocycles. The quantitative estimate of drug-likeness (QED) is 0.693. The molecule has 3 nitrogen and oxygen atoms in total. The summed E-state index contributed by atoms with van der Waals surface area (Å²) in [5.41, 5.74) is 8.13. The fourth-order valence-corrected chi connectivity index (χ4v) is 1.75. The molecular weight excluding hydrogens is 189 g/mol. The number of hydrogen-bond acceptors (Lipinski definition) is 3. The van der Waals surface area contributed by atoms with Gasteiger partial charge >= 0.3 is 6.92 Å². The van der Waals surface area contributed by atoms with E-state index in [4.69, 9.17) is 10.4 Å². The lowest BCUT2D eigenvalue weighted by atomic mass is 9.64. The highest BCUT2D eigenvalue weighted by Gasteiger charge is 2.29. The molecule has 0 amide bonds. The third-order valence-corrected chi connectivity index (χ3v) is 2.36. The van der Waals surface area contributed by atoms with Crippen LogP contribution in [-0.2, 0) is 9.39 Å². The van der Waals surface area contributed by atoms with Gasteiger partial charge in [-0.3, -0.25) is 0 Å². The second kappa shape index (κ2) is 5.90. The third kappa shape index (κ3) is 2.81. The van der Waals surface area contributed by atoms with E-state index in [1.807, 2.05) is 12.1 Å². The number of hydrogen-bond donors (Lipinski definition) is 1. The van der Waals surface area contributed by atoms with Crippen molar-refractivity contribution in [3.05, 3.63) is 29.8 Å². The van der Waals surface area contributed by atoms with Crippen LogP contribution in [-0.4, -0.2) is 27.7 Å². The molecule has 0 bridgehead atoms. The molecule has 2 N–H and O–H groups in total. The SMILES string of the molecule is CB1OC(CN)c2ccccc21.COC. The van der Waals surface area contributed by atoms with Crippen molar-refractivity contribution in [1.29, 1.82) is 0 Å². The second-order valence-corrected chi connectivity index (χ2v) is 3.54. The summed E-state index contributed by atoms with van der Waals surface area (Å²) in [4.78, 5) is 0. The molecule has 1 atom stereocenters. The number of rotatable bonds is 1. The van der Waals surface area contributed by atoms with Gasteiger partial charge in [0.1, 0.15) is 0 Å². The van der Waals surface area contributed by atoms with Crippen LogP contribution in [0.5, 0.6) is 0 Å². The van der Waals surface area contributed by atoms with Crippen LogP contribution in [0.1, 0.15) is 11.7 Å². The Morgan fingerprint density at radius 1 is 1.40 bits per heavy atom. The van der Waals surface area contributed by atoms with Gasteiger partial charge in [-0.2, -0.15) is 0 Å². The Balaban J connectivity index is 0.000000337. The van der Waals surface area contributed by atoms with Crippen LogP contribution in [0.2, 0.25) is 6.82 Å². The lowest BCUT2D eigenvalue weighted by Gasteiger charge is -2.08. The Hall–Kier alpha value is -0.835. The number of methoxy groups -OCH3 is 1. The van der Waals surface area contributed by atoms with E-state index in [-0.39, 0.29) is 13.0 Å². The van der Waals surface area contributed by atoms with Gasteiger partial charge in [-0.1, -0.05) is 31.1 Å². The fraction of sp³-hybridized carbons (Fsp3) is 0.455. The zero-order chi connectivity index (χ0) is 11.3. The van der Waals surface area contributed by atoms with E-state index in [1.165, 1.54) is 11.0 Å². The average Bonchev–Trinajstić information content (AvgIpc) is 2.58. The first-order valence-electron chi connectivity index (χ1n) is 5.09. The Morgan fingerprint density at radius 2 is 2.00 bits per heavy atom. The first-order chi connectivity index (χ1) is 7.24. The molecule has 4 heteroatoms. The zero-order valence-corrected chi connectivity index (χ0v) is 9.57. The lowest BCUT2D eigenvalue weighted by molar-refractivity contribution is 0.235. The molecule has 1 unspecified atom stereocenters. The highest BCUT2D eigenvalue weighted by Crippen LogP contribution is 2.22. The molecule has 1 aliphatic heterocycles. The Labute approximate surface area is 91.7 Å². The van der Waals surface area contributed by atoms with Gasteiger partial charge in [0.15, 0.2) is 0 Å². The van der Waals surface area contributed by atoms with Crippen LogP contribution in [0.25, 0.3) is 0 Å². The minimum atomic E-state index is 0.108. The fourth-order valence-electron chi connectivity index (χ4n) is 1.75. The molecule has 0 saturated heterocycles. The molecule has 0 aromatic heterocycles. The van der Waals surface area contributed by atoms with E-state index in [2.05, 4.69) is 23.7 Å². The average molecular weight is 207 g/mol.